The van der Waals surface area contributed by atoms with Crippen LogP contribution in [0.15, 0.2) is 0 Å². The molecule has 0 spiro atoms. The highest BCUT2D eigenvalue weighted by atomic mass is 16.6. The Morgan fingerprint density at radius 2 is 1.73 bits per heavy atom. The van der Waals surface area contributed by atoms with Gasteiger partial charge in [0.2, 0.25) is 0 Å². The van der Waals surface area contributed by atoms with Crippen LogP contribution < -0.4 is 0 Å². The van der Waals surface area contributed by atoms with E-state index in [4.69, 9.17) is 4.74 Å². The van der Waals surface area contributed by atoms with Crippen LogP contribution in [-0.2, 0) is 14.3 Å². The molecule has 0 aliphatic heterocycles. The molecule has 0 aromatic carbocycles. The van der Waals surface area contributed by atoms with E-state index < -0.39 is 5.60 Å². The van der Waals surface area contributed by atoms with Gasteiger partial charge in [0, 0.05) is 7.11 Å². The molecule has 0 N–H and O–H groups in total. The zero-order valence-electron chi connectivity index (χ0n) is 7.64. The number of ether oxygens (including phenoxy) is 2. The van der Waals surface area contributed by atoms with Crippen LogP contribution in [0.25, 0.3) is 0 Å². The lowest BCUT2D eigenvalue weighted by atomic mass is 9.97. The fourth-order valence-corrected chi connectivity index (χ4v) is 1.10. The van der Waals surface area contributed by atoms with Gasteiger partial charge in [-0.05, 0) is 12.8 Å². The second kappa shape index (κ2) is 4.34. The van der Waals surface area contributed by atoms with Gasteiger partial charge >= 0.3 is 5.97 Å². The Kier molecular flexibility index (Phi) is 4.11. The zero-order chi connectivity index (χ0) is 8.91. The number of hydrogen-bond donors (Lipinski definition) is 0. The number of carbonyl (C=O) groups excluding carboxylic acids is 1. The second-order valence-corrected chi connectivity index (χ2v) is 2.40. The highest BCUT2D eigenvalue weighted by molar-refractivity contribution is 5.79. The Morgan fingerprint density at radius 1 is 1.27 bits per heavy atom. The first-order valence-electron chi connectivity index (χ1n) is 3.80. The summed E-state index contributed by atoms with van der Waals surface area (Å²) in [4.78, 5) is 11.2. The molecule has 0 aliphatic rings. The summed E-state index contributed by atoms with van der Waals surface area (Å²) in [6, 6.07) is 0. The van der Waals surface area contributed by atoms with Gasteiger partial charge in [0.25, 0.3) is 0 Å². The van der Waals surface area contributed by atoms with Crippen molar-refractivity contribution in [3.63, 3.8) is 0 Å². The first-order valence-corrected chi connectivity index (χ1v) is 3.80. The first kappa shape index (κ1) is 10.4. The molecule has 0 bridgehead atoms. The molecule has 0 aromatic heterocycles. The molecule has 11 heavy (non-hydrogen) atoms. The van der Waals surface area contributed by atoms with E-state index in [1.807, 2.05) is 13.8 Å². The van der Waals surface area contributed by atoms with Gasteiger partial charge < -0.3 is 9.47 Å². The molecule has 0 radical (unpaired) electrons. The van der Waals surface area contributed by atoms with Gasteiger partial charge in [-0.15, -0.1) is 0 Å². The quantitative estimate of drug-likeness (QED) is 0.582. The smallest absolute Gasteiger partial charge is 0.338 e. The molecular formula is C8H16O3. The fourth-order valence-electron chi connectivity index (χ4n) is 1.10. The van der Waals surface area contributed by atoms with Gasteiger partial charge in [-0.25, -0.2) is 4.79 Å². The van der Waals surface area contributed by atoms with Gasteiger partial charge in [-0.1, -0.05) is 13.8 Å². The summed E-state index contributed by atoms with van der Waals surface area (Å²) in [5.74, 6) is -0.287. The molecule has 0 heterocycles. The van der Waals surface area contributed by atoms with Crippen molar-refractivity contribution in [3.8, 4) is 0 Å². The molecule has 0 atom stereocenters. The molecule has 66 valence electrons. The van der Waals surface area contributed by atoms with Crippen LogP contribution in [0.1, 0.15) is 26.7 Å². The Bertz CT molecular complexity index is 119. The summed E-state index contributed by atoms with van der Waals surface area (Å²) in [7, 11) is 2.91. The molecule has 0 aromatic rings. The van der Waals surface area contributed by atoms with E-state index in [9.17, 15) is 4.79 Å². The van der Waals surface area contributed by atoms with E-state index in [1.165, 1.54) is 14.2 Å². The van der Waals surface area contributed by atoms with Crippen molar-refractivity contribution in [2.45, 2.75) is 32.3 Å². The molecule has 3 heteroatoms. The molecule has 0 saturated heterocycles. The van der Waals surface area contributed by atoms with E-state index in [0.717, 1.165) is 0 Å². The molecular weight excluding hydrogens is 144 g/mol. The molecule has 0 saturated carbocycles. The minimum Gasteiger partial charge on any atom is -0.467 e. The average molecular weight is 160 g/mol. The molecule has 0 amide bonds. The van der Waals surface area contributed by atoms with Crippen LogP contribution in [0.4, 0.5) is 0 Å². The summed E-state index contributed by atoms with van der Waals surface area (Å²) in [5, 5.41) is 0. The summed E-state index contributed by atoms with van der Waals surface area (Å²) >= 11 is 0. The van der Waals surface area contributed by atoms with Crippen molar-refractivity contribution >= 4 is 5.97 Å². The highest BCUT2D eigenvalue weighted by Crippen LogP contribution is 2.20. The Morgan fingerprint density at radius 3 is 1.82 bits per heavy atom. The number of rotatable bonds is 4. The third kappa shape index (κ3) is 1.93. The lowest BCUT2D eigenvalue weighted by Gasteiger charge is -2.26. The molecule has 0 fully saturated rings. The highest BCUT2D eigenvalue weighted by Gasteiger charge is 2.35. The maximum Gasteiger partial charge on any atom is 0.338 e. The lowest BCUT2D eigenvalue weighted by Crippen LogP contribution is -2.40. The van der Waals surface area contributed by atoms with Crippen LogP contribution in [0.2, 0.25) is 0 Å². The number of hydrogen-bond acceptors (Lipinski definition) is 3. The minimum absolute atomic E-state index is 0.287. The number of carbonyl (C=O) groups is 1. The van der Waals surface area contributed by atoms with Crippen LogP contribution in [-0.4, -0.2) is 25.8 Å². The first-order chi connectivity index (χ1) is 5.16. The van der Waals surface area contributed by atoms with E-state index >= 15 is 0 Å². The monoisotopic (exact) mass is 160 g/mol. The van der Waals surface area contributed by atoms with Gasteiger partial charge in [0.15, 0.2) is 5.60 Å². The zero-order valence-corrected chi connectivity index (χ0v) is 7.64. The maximum atomic E-state index is 11.2. The lowest BCUT2D eigenvalue weighted by molar-refractivity contribution is -0.167. The molecule has 0 aliphatic carbocycles. The number of esters is 1. The fraction of sp³-hybridized carbons (Fsp3) is 0.875. The van der Waals surface area contributed by atoms with E-state index in [2.05, 4.69) is 4.74 Å². The molecule has 3 nitrogen and oxygen atoms in total. The van der Waals surface area contributed by atoms with E-state index in [0.29, 0.717) is 12.8 Å². The van der Waals surface area contributed by atoms with E-state index in [1.54, 1.807) is 0 Å². The van der Waals surface area contributed by atoms with Crippen LogP contribution in [0.3, 0.4) is 0 Å². The topological polar surface area (TPSA) is 35.5 Å². The Hall–Kier alpha value is -0.570. The third-order valence-corrected chi connectivity index (χ3v) is 2.09. The average Bonchev–Trinajstić information content (AvgIpc) is 2.08. The van der Waals surface area contributed by atoms with Gasteiger partial charge in [0.05, 0.1) is 7.11 Å². The van der Waals surface area contributed by atoms with Crippen LogP contribution >= 0.6 is 0 Å². The SMILES string of the molecule is CCC(CC)(OC)C(=O)OC. The molecule has 0 unspecified atom stereocenters. The molecule has 0 rings (SSSR count). The van der Waals surface area contributed by atoms with Crippen molar-refractivity contribution in [2.24, 2.45) is 0 Å². The summed E-state index contributed by atoms with van der Waals surface area (Å²) in [6.07, 6.45) is 1.29. The summed E-state index contributed by atoms with van der Waals surface area (Å²) in [5.41, 5.74) is -0.727. The normalized spacial score (nSPS) is 11.3. The summed E-state index contributed by atoms with van der Waals surface area (Å²) in [6.45, 7) is 3.81. The number of methoxy groups -OCH3 is 2. The van der Waals surface area contributed by atoms with Crippen LogP contribution in [0.5, 0.6) is 0 Å². The third-order valence-electron chi connectivity index (χ3n) is 2.09. The summed E-state index contributed by atoms with van der Waals surface area (Å²) < 4.78 is 9.74. The maximum absolute atomic E-state index is 11.2. The largest absolute Gasteiger partial charge is 0.467 e. The van der Waals surface area contributed by atoms with E-state index in [-0.39, 0.29) is 5.97 Å². The second-order valence-electron chi connectivity index (χ2n) is 2.40. The standard InChI is InChI=1S/C8H16O3/c1-5-8(6-2,11-4)7(9)10-3/h5-6H2,1-4H3. The predicted octanol–water partition coefficient (Wildman–Crippen LogP) is 1.36. The van der Waals surface area contributed by atoms with Gasteiger partial charge in [0.1, 0.15) is 0 Å². The van der Waals surface area contributed by atoms with Gasteiger partial charge in [-0.2, -0.15) is 0 Å². The van der Waals surface area contributed by atoms with Crippen molar-refractivity contribution in [1.82, 2.24) is 0 Å². The Balaban J connectivity index is 4.39. The van der Waals surface area contributed by atoms with Crippen molar-refractivity contribution in [2.75, 3.05) is 14.2 Å². The van der Waals surface area contributed by atoms with Crippen molar-refractivity contribution in [3.05, 3.63) is 0 Å². The minimum atomic E-state index is -0.727. The van der Waals surface area contributed by atoms with Crippen molar-refractivity contribution in [1.29, 1.82) is 0 Å². The van der Waals surface area contributed by atoms with Crippen LogP contribution in [0, 0.1) is 0 Å². The van der Waals surface area contributed by atoms with Crippen molar-refractivity contribution < 1.29 is 14.3 Å². The van der Waals surface area contributed by atoms with Gasteiger partial charge in [-0.3, -0.25) is 0 Å². The predicted molar refractivity (Wildman–Crippen MR) is 42.3 cm³/mol. The Labute approximate surface area is 67.7 Å².